The summed E-state index contributed by atoms with van der Waals surface area (Å²) >= 11 is 0. The number of pyridine rings is 1. The number of nitrogens with one attached hydrogen (secondary N) is 1. The number of alkyl carbamates (subject to hydrolysis) is 1. The Bertz CT molecular complexity index is 1450. The van der Waals surface area contributed by atoms with Crippen molar-refractivity contribution in [2.24, 2.45) is 5.92 Å². The minimum absolute atomic E-state index is 0.0378. The number of anilines is 1. The number of nitrogens with zero attached hydrogens (tertiary/aromatic N) is 3. The molecule has 5 rings (SSSR count). The second kappa shape index (κ2) is 9.02. The second-order valence-electron chi connectivity index (χ2n) is 11.5. The standard InChI is InChI=1S/C26H32N4O9/c1-13-12-38-21-17-15(10-16(23(32)33)22(31)29(13)17)18(30(35)36)20(37-5)19(21)28-9-6-14(11-28)26(7-8-26)27-24(34)39-25(2,3)4/h10,13-14H,6-9,11-12H2,1-5H3,(H,27,34)(H,32,33)/t13-,14+/m0/s1. The molecule has 2 aliphatic heterocycles. The van der Waals surface area contributed by atoms with Gasteiger partial charge in [0.25, 0.3) is 5.56 Å². The third-order valence-corrected chi connectivity index (χ3v) is 7.70. The van der Waals surface area contributed by atoms with E-state index in [1.165, 1.54) is 11.7 Å². The number of benzene rings is 1. The Morgan fingerprint density at radius 1 is 1.31 bits per heavy atom. The fraction of sp³-hybridized carbons (Fsp3) is 0.577. The number of methoxy groups -OCH3 is 1. The quantitative estimate of drug-likeness (QED) is 0.407. The van der Waals surface area contributed by atoms with Crippen molar-refractivity contribution in [3.05, 3.63) is 32.1 Å². The molecule has 1 amide bonds. The molecule has 1 aliphatic carbocycles. The lowest BCUT2D eigenvalue weighted by molar-refractivity contribution is -0.383. The van der Waals surface area contributed by atoms with E-state index in [2.05, 4.69) is 5.32 Å². The molecule has 39 heavy (non-hydrogen) atoms. The van der Waals surface area contributed by atoms with Crippen LogP contribution in [-0.4, -0.2) is 64.6 Å². The average molecular weight is 545 g/mol. The summed E-state index contributed by atoms with van der Waals surface area (Å²) in [6.07, 6.45) is 1.80. The largest absolute Gasteiger partial charge is 0.489 e. The maximum atomic E-state index is 13.2. The molecule has 2 fully saturated rings. The molecule has 210 valence electrons. The van der Waals surface area contributed by atoms with Crippen LogP contribution in [-0.2, 0) is 4.74 Å². The molecular formula is C26H32N4O9. The van der Waals surface area contributed by atoms with Crippen LogP contribution in [0.15, 0.2) is 10.9 Å². The van der Waals surface area contributed by atoms with Crippen molar-refractivity contribution in [1.82, 2.24) is 9.88 Å². The summed E-state index contributed by atoms with van der Waals surface area (Å²) in [5.41, 5.74) is -2.31. The minimum atomic E-state index is -1.47. The van der Waals surface area contributed by atoms with Gasteiger partial charge >= 0.3 is 17.7 Å². The molecule has 2 N–H and O–H groups in total. The number of hydrogen-bond acceptors (Lipinski definition) is 9. The molecule has 13 heteroatoms. The normalized spacial score (nSPS) is 21.3. The number of aromatic nitrogens is 1. The number of rotatable bonds is 6. The molecule has 1 aromatic carbocycles. The topological polar surface area (TPSA) is 162 Å². The molecule has 1 saturated heterocycles. The monoisotopic (exact) mass is 544 g/mol. The van der Waals surface area contributed by atoms with E-state index in [4.69, 9.17) is 14.2 Å². The van der Waals surface area contributed by atoms with Gasteiger partial charge in [0.1, 0.15) is 29.0 Å². The van der Waals surface area contributed by atoms with Gasteiger partial charge in [0, 0.05) is 24.5 Å². The summed E-state index contributed by atoms with van der Waals surface area (Å²) < 4.78 is 18.4. The van der Waals surface area contributed by atoms with Crippen LogP contribution in [0.5, 0.6) is 11.5 Å². The van der Waals surface area contributed by atoms with Crippen LogP contribution in [0.25, 0.3) is 10.9 Å². The van der Waals surface area contributed by atoms with Crippen molar-refractivity contribution >= 4 is 34.3 Å². The second-order valence-corrected chi connectivity index (χ2v) is 11.5. The van der Waals surface area contributed by atoms with Crippen LogP contribution in [0.4, 0.5) is 16.2 Å². The molecule has 0 radical (unpaired) electrons. The van der Waals surface area contributed by atoms with E-state index in [0.29, 0.717) is 25.2 Å². The first-order valence-electron chi connectivity index (χ1n) is 12.9. The minimum Gasteiger partial charge on any atom is -0.489 e. The number of hydrogen-bond donors (Lipinski definition) is 2. The van der Waals surface area contributed by atoms with Crippen molar-refractivity contribution in [3.63, 3.8) is 0 Å². The maximum absolute atomic E-state index is 13.2. The molecule has 1 saturated carbocycles. The van der Waals surface area contributed by atoms with Crippen LogP contribution < -0.4 is 25.2 Å². The van der Waals surface area contributed by atoms with Crippen molar-refractivity contribution in [1.29, 1.82) is 0 Å². The van der Waals surface area contributed by atoms with E-state index in [9.17, 15) is 29.6 Å². The molecule has 0 spiro atoms. The molecule has 3 heterocycles. The molecular weight excluding hydrogens is 512 g/mol. The first-order valence-corrected chi connectivity index (χ1v) is 12.9. The van der Waals surface area contributed by atoms with Gasteiger partial charge in [-0.25, -0.2) is 9.59 Å². The van der Waals surface area contributed by atoms with E-state index in [0.717, 1.165) is 18.9 Å². The number of amides is 1. The highest BCUT2D eigenvalue weighted by Crippen LogP contribution is 2.55. The van der Waals surface area contributed by atoms with Crippen molar-refractivity contribution in [2.75, 3.05) is 31.7 Å². The third kappa shape index (κ3) is 4.39. The maximum Gasteiger partial charge on any atom is 0.408 e. The predicted octanol–water partition coefficient (Wildman–Crippen LogP) is 3.45. The number of aromatic carboxylic acids is 1. The first kappa shape index (κ1) is 26.6. The summed E-state index contributed by atoms with van der Waals surface area (Å²) in [5.74, 6) is -1.26. The lowest BCUT2D eigenvalue weighted by Crippen LogP contribution is -2.45. The van der Waals surface area contributed by atoms with Crippen LogP contribution in [0, 0.1) is 16.0 Å². The van der Waals surface area contributed by atoms with Gasteiger partial charge in [-0.3, -0.25) is 19.5 Å². The van der Waals surface area contributed by atoms with Gasteiger partial charge in [-0.05, 0) is 53.0 Å². The summed E-state index contributed by atoms with van der Waals surface area (Å²) in [7, 11) is 1.31. The number of carbonyl (C=O) groups excluding carboxylic acids is 1. The molecule has 0 bridgehead atoms. The summed E-state index contributed by atoms with van der Waals surface area (Å²) in [6, 6.07) is 0.481. The van der Waals surface area contributed by atoms with Crippen LogP contribution >= 0.6 is 0 Å². The Morgan fingerprint density at radius 3 is 2.56 bits per heavy atom. The van der Waals surface area contributed by atoms with E-state index in [1.54, 1.807) is 27.7 Å². The molecule has 2 aromatic rings. The van der Waals surface area contributed by atoms with Gasteiger partial charge in [-0.15, -0.1) is 0 Å². The number of carbonyl (C=O) groups is 2. The van der Waals surface area contributed by atoms with E-state index in [-0.39, 0.29) is 34.9 Å². The SMILES string of the molecule is COc1c(N2CC[C@@H](C3(NC(=O)OC(C)(C)C)CC3)C2)c2c3c(cc(C(=O)O)c(=O)n3[C@@H](C)CO2)c1[N+](=O)[O-]. The Labute approximate surface area is 223 Å². The smallest absolute Gasteiger partial charge is 0.408 e. The fourth-order valence-corrected chi connectivity index (χ4v) is 5.84. The van der Waals surface area contributed by atoms with E-state index < -0.39 is 51.0 Å². The highest BCUT2D eigenvalue weighted by molar-refractivity contribution is 6.05. The van der Waals surface area contributed by atoms with Gasteiger partial charge in [0.2, 0.25) is 5.75 Å². The average Bonchev–Trinajstić information content (AvgIpc) is 3.43. The van der Waals surface area contributed by atoms with Crippen LogP contribution in [0.2, 0.25) is 0 Å². The van der Waals surface area contributed by atoms with Gasteiger partial charge in [0.05, 0.1) is 23.5 Å². The number of carboxylic acid groups (broad SMARTS) is 1. The fourth-order valence-electron chi connectivity index (χ4n) is 5.84. The lowest BCUT2D eigenvalue weighted by Gasteiger charge is -2.32. The highest BCUT2D eigenvalue weighted by atomic mass is 16.6. The molecule has 1 aromatic heterocycles. The molecule has 2 atom stereocenters. The highest BCUT2D eigenvalue weighted by Gasteiger charge is 2.53. The molecule has 13 nitrogen and oxygen atoms in total. The Morgan fingerprint density at radius 2 is 2.00 bits per heavy atom. The van der Waals surface area contributed by atoms with Gasteiger partial charge in [-0.2, -0.15) is 0 Å². The summed E-state index contributed by atoms with van der Waals surface area (Å²) in [4.78, 5) is 51.2. The van der Waals surface area contributed by atoms with E-state index >= 15 is 0 Å². The Kier molecular flexibility index (Phi) is 6.15. The zero-order valence-electron chi connectivity index (χ0n) is 22.5. The van der Waals surface area contributed by atoms with Crippen LogP contribution in [0.1, 0.15) is 63.4 Å². The van der Waals surface area contributed by atoms with Gasteiger partial charge < -0.3 is 29.5 Å². The zero-order chi connectivity index (χ0) is 28.4. The molecule has 3 aliphatic rings. The number of ether oxygens (including phenoxy) is 3. The predicted molar refractivity (Wildman–Crippen MR) is 140 cm³/mol. The van der Waals surface area contributed by atoms with Crippen molar-refractivity contribution in [3.8, 4) is 11.5 Å². The van der Waals surface area contributed by atoms with Crippen molar-refractivity contribution in [2.45, 2.75) is 64.1 Å². The van der Waals surface area contributed by atoms with Crippen LogP contribution in [0.3, 0.4) is 0 Å². The van der Waals surface area contributed by atoms with Gasteiger partial charge in [0.15, 0.2) is 5.75 Å². The van der Waals surface area contributed by atoms with Crippen molar-refractivity contribution < 1.29 is 33.8 Å². The molecule has 0 unspecified atom stereocenters. The Hall–Kier alpha value is -4.03. The first-order chi connectivity index (χ1) is 18.3. The summed E-state index contributed by atoms with van der Waals surface area (Å²) in [6.45, 7) is 8.12. The third-order valence-electron chi connectivity index (χ3n) is 7.70. The zero-order valence-corrected chi connectivity index (χ0v) is 22.5. The summed E-state index contributed by atoms with van der Waals surface area (Å²) in [5, 5.41) is 25.0. The van der Waals surface area contributed by atoms with E-state index in [1.807, 2.05) is 4.90 Å². The lowest BCUT2D eigenvalue weighted by atomic mass is 9.96. The number of nitro groups is 1. The Balaban J connectivity index is 1.62. The number of nitro benzene ring substituents is 1. The number of carboxylic acids is 1. The van der Waals surface area contributed by atoms with Gasteiger partial charge in [-0.1, -0.05) is 0 Å².